The third-order valence-corrected chi connectivity index (χ3v) is 3.41. The zero-order valence-corrected chi connectivity index (χ0v) is 11.5. The number of nitrogens with zero attached hydrogens (tertiary/aromatic N) is 2. The van der Waals surface area contributed by atoms with Crippen LogP contribution in [0.4, 0.5) is 8.78 Å². The fourth-order valence-electron chi connectivity index (χ4n) is 1.73. The molecule has 114 valence electrons. The second-order valence-electron chi connectivity index (χ2n) is 4.00. The molecule has 2 rings (SSSR count). The molecule has 21 heavy (non-hydrogen) atoms. The first kappa shape index (κ1) is 15.2. The molecule has 2 aromatic rings. The van der Waals surface area contributed by atoms with Gasteiger partial charge in [0.05, 0.1) is 7.11 Å². The van der Waals surface area contributed by atoms with E-state index in [1.54, 1.807) is 0 Å². The molecule has 1 aromatic heterocycles. The molecular weight excluding hydrogens is 308 g/mol. The number of alkyl halides is 2. The van der Waals surface area contributed by atoms with Gasteiger partial charge in [-0.25, -0.2) is 13.9 Å². The maximum atomic E-state index is 12.8. The fraction of sp³-hybridized carbons (Fsp3) is 0.182. The minimum absolute atomic E-state index is 0.140. The van der Waals surface area contributed by atoms with Crippen LogP contribution in [0.15, 0.2) is 24.3 Å². The summed E-state index contributed by atoms with van der Waals surface area (Å²) in [6.45, 7) is 0. The molecule has 0 bridgehead atoms. The number of hydrogen-bond acceptors (Lipinski definition) is 5. The van der Waals surface area contributed by atoms with Gasteiger partial charge in [-0.1, -0.05) is 0 Å². The smallest absolute Gasteiger partial charge is 0.318 e. The summed E-state index contributed by atoms with van der Waals surface area (Å²) < 4.78 is 53.5. The fourth-order valence-corrected chi connectivity index (χ4v) is 2.38. The number of ether oxygens (including phenoxy) is 1. The highest BCUT2D eigenvalue weighted by Gasteiger charge is 2.28. The van der Waals surface area contributed by atoms with Gasteiger partial charge >= 0.3 is 10.2 Å². The second-order valence-corrected chi connectivity index (χ2v) is 5.38. The van der Waals surface area contributed by atoms with Crippen molar-refractivity contribution < 1.29 is 27.0 Å². The van der Waals surface area contributed by atoms with Crippen LogP contribution in [-0.2, 0) is 10.2 Å². The number of rotatable bonds is 4. The van der Waals surface area contributed by atoms with Gasteiger partial charge in [0.2, 0.25) is 0 Å². The Labute approximate surface area is 118 Å². The van der Waals surface area contributed by atoms with Crippen LogP contribution in [0.2, 0.25) is 0 Å². The van der Waals surface area contributed by atoms with Gasteiger partial charge in [0.15, 0.2) is 11.4 Å². The van der Waals surface area contributed by atoms with E-state index in [1.807, 2.05) is 0 Å². The molecule has 0 spiro atoms. The highest BCUT2D eigenvalue weighted by Crippen LogP contribution is 2.37. The number of nitrogens with two attached hydrogens (primary N) is 1. The van der Waals surface area contributed by atoms with Crippen LogP contribution >= 0.6 is 0 Å². The minimum atomic E-state index is -4.45. The third-order valence-electron chi connectivity index (χ3n) is 2.67. The summed E-state index contributed by atoms with van der Waals surface area (Å²) in [5.41, 5.74) is -1.35. The second kappa shape index (κ2) is 5.30. The zero-order valence-electron chi connectivity index (χ0n) is 10.7. The highest BCUT2D eigenvalue weighted by molar-refractivity contribution is 7.87. The molecule has 0 aliphatic heterocycles. The molecule has 10 heteroatoms. The number of aromatic hydroxyl groups is 1. The summed E-state index contributed by atoms with van der Waals surface area (Å²) in [6.07, 6.45) is -3.15. The predicted molar refractivity (Wildman–Crippen MR) is 69.3 cm³/mol. The Balaban J connectivity index is 2.70. The number of hydrogen-bond donors (Lipinski definition) is 2. The lowest BCUT2D eigenvalue weighted by molar-refractivity contribution is 0.142. The Morgan fingerprint density at radius 3 is 2.33 bits per heavy atom. The van der Waals surface area contributed by atoms with Crippen LogP contribution in [0.5, 0.6) is 11.5 Å². The molecule has 0 fully saturated rings. The van der Waals surface area contributed by atoms with Crippen molar-refractivity contribution in [1.82, 2.24) is 9.19 Å². The molecule has 0 atom stereocenters. The van der Waals surface area contributed by atoms with Crippen LogP contribution in [0.1, 0.15) is 12.1 Å². The van der Waals surface area contributed by atoms with E-state index >= 15 is 0 Å². The van der Waals surface area contributed by atoms with E-state index < -0.39 is 33.8 Å². The van der Waals surface area contributed by atoms with Crippen LogP contribution in [-0.4, -0.2) is 29.8 Å². The van der Waals surface area contributed by atoms with Crippen molar-refractivity contribution in [2.45, 2.75) is 6.43 Å². The average molecular weight is 319 g/mol. The topological polar surface area (TPSA) is 107 Å². The Morgan fingerprint density at radius 2 is 1.90 bits per heavy atom. The van der Waals surface area contributed by atoms with E-state index in [0.717, 1.165) is 0 Å². The zero-order chi connectivity index (χ0) is 15.8. The SMILES string of the molecule is COc1ccc(-c2c(O)c(C(F)F)nn2S(N)(=O)=O)cc1. The van der Waals surface area contributed by atoms with Gasteiger partial charge in [0.1, 0.15) is 11.4 Å². The summed E-state index contributed by atoms with van der Waals surface area (Å²) >= 11 is 0. The van der Waals surface area contributed by atoms with Crippen LogP contribution in [0.25, 0.3) is 11.3 Å². The molecule has 0 aliphatic rings. The van der Waals surface area contributed by atoms with Crippen molar-refractivity contribution in [3.63, 3.8) is 0 Å². The lowest BCUT2D eigenvalue weighted by atomic mass is 10.1. The predicted octanol–water partition coefficient (Wildman–Crippen LogP) is 1.25. The number of halogens is 2. The largest absolute Gasteiger partial charge is 0.504 e. The van der Waals surface area contributed by atoms with Crippen molar-refractivity contribution in [2.75, 3.05) is 7.11 Å². The lowest BCUT2D eigenvalue weighted by Crippen LogP contribution is -2.24. The van der Waals surface area contributed by atoms with Crippen molar-refractivity contribution in [3.05, 3.63) is 30.0 Å². The van der Waals surface area contributed by atoms with Gasteiger partial charge < -0.3 is 9.84 Å². The molecular formula is C11H11F2N3O4S. The Kier molecular flexibility index (Phi) is 3.83. The van der Waals surface area contributed by atoms with Gasteiger partial charge in [-0.3, -0.25) is 0 Å². The van der Waals surface area contributed by atoms with Gasteiger partial charge in [0.25, 0.3) is 6.43 Å². The summed E-state index contributed by atoms with van der Waals surface area (Å²) in [7, 11) is -3.02. The van der Waals surface area contributed by atoms with Crippen LogP contribution < -0.4 is 9.88 Å². The summed E-state index contributed by atoms with van der Waals surface area (Å²) in [5.74, 6) is -0.474. The lowest BCUT2D eigenvalue weighted by Gasteiger charge is -2.06. The Morgan fingerprint density at radius 1 is 1.33 bits per heavy atom. The maximum absolute atomic E-state index is 12.8. The molecule has 0 saturated carbocycles. The standard InChI is InChI=1S/C11H11F2N3O4S/c1-20-7-4-2-6(3-5-7)9-10(17)8(11(12)13)15-16(9)21(14,18)19/h2-5,11,17H,1H3,(H2,14,18,19). The van der Waals surface area contributed by atoms with Crippen LogP contribution in [0, 0.1) is 0 Å². The van der Waals surface area contributed by atoms with Gasteiger partial charge in [-0.2, -0.15) is 13.5 Å². The van der Waals surface area contributed by atoms with Gasteiger partial charge in [0, 0.05) is 5.56 Å². The van der Waals surface area contributed by atoms with E-state index in [1.165, 1.54) is 31.4 Å². The van der Waals surface area contributed by atoms with Crippen molar-refractivity contribution >= 4 is 10.2 Å². The highest BCUT2D eigenvalue weighted by atomic mass is 32.2. The average Bonchev–Trinajstić information content (AvgIpc) is 2.76. The van der Waals surface area contributed by atoms with Crippen molar-refractivity contribution in [1.29, 1.82) is 0 Å². The number of benzene rings is 1. The quantitative estimate of drug-likeness (QED) is 0.882. The Bertz CT molecular complexity index is 757. The third kappa shape index (κ3) is 2.81. The number of aromatic nitrogens is 2. The van der Waals surface area contributed by atoms with E-state index in [4.69, 9.17) is 9.88 Å². The normalized spacial score (nSPS) is 11.9. The van der Waals surface area contributed by atoms with E-state index in [2.05, 4.69) is 5.10 Å². The minimum Gasteiger partial charge on any atom is -0.504 e. The van der Waals surface area contributed by atoms with Crippen molar-refractivity contribution in [2.24, 2.45) is 5.14 Å². The molecule has 1 heterocycles. The molecule has 7 nitrogen and oxygen atoms in total. The first-order valence-electron chi connectivity index (χ1n) is 5.53. The summed E-state index contributed by atoms with van der Waals surface area (Å²) in [6, 6.07) is 5.70. The van der Waals surface area contributed by atoms with Gasteiger partial charge in [-0.15, -0.1) is 4.09 Å². The Hall–Kier alpha value is -2.20. The molecule has 3 N–H and O–H groups in total. The first-order chi connectivity index (χ1) is 9.75. The molecule has 0 saturated heterocycles. The first-order valence-corrected chi connectivity index (χ1v) is 7.03. The van der Waals surface area contributed by atoms with E-state index in [-0.39, 0.29) is 9.65 Å². The molecule has 0 radical (unpaired) electrons. The molecule has 0 unspecified atom stereocenters. The molecule has 0 aliphatic carbocycles. The van der Waals surface area contributed by atoms with E-state index in [9.17, 15) is 22.3 Å². The van der Waals surface area contributed by atoms with Crippen LogP contribution in [0.3, 0.4) is 0 Å². The molecule has 1 aromatic carbocycles. The summed E-state index contributed by atoms with van der Waals surface area (Å²) in [4.78, 5) is 0. The van der Waals surface area contributed by atoms with Gasteiger partial charge in [-0.05, 0) is 24.3 Å². The molecule has 0 amide bonds. The monoisotopic (exact) mass is 319 g/mol. The number of methoxy groups -OCH3 is 1. The summed E-state index contributed by atoms with van der Waals surface area (Å²) in [5, 5.41) is 17.9. The maximum Gasteiger partial charge on any atom is 0.318 e. The van der Waals surface area contributed by atoms with Crippen molar-refractivity contribution in [3.8, 4) is 22.8 Å². The van der Waals surface area contributed by atoms with E-state index in [0.29, 0.717) is 5.75 Å².